The first kappa shape index (κ1) is 18.1. The van der Waals surface area contributed by atoms with Crippen molar-refractivity contribution in [2.75, 3.05) is 18.5 Å². The lowest BCUT2D eigenvalue weighted by Crippen LogP contribution is -2.26. The van der Waals surface area contributed by atoms with E-state index in [0.717, 1.165) is 12.8 Å². The van der Waals surface area contributed by atoms with Crippen molar-refractivity contribution in [3.63, 3.8) is 0 Å². The number of para-hydroxylation sites is 1. The van der Waals surface area contributed by atoms with Crippen LogP contribution >= 0.6 is 11.6 Å². The van der Waals surface area contributed by atoms with Crippen LogP contribution in [0.1, 0.15) is 12.8 Å². The average molecular weight is 416 g/mol. The number of alkyl halides is 1. The number of phenols is 1. The second-order valence-electron chi connectivity index (χ2n) is 6.76. The Morgan fingerprint density at radius 2 is 2.00 bits per heavy atom. The summed E-state index contributed by atoms with van der Waals surface area (Å²) >= 11 is 5.94. The molecule has 2 N–H and O–H groups in total. The number of ether oxygens (including phenoxy) is 4. The van der Waals surface area contributed by atoms with Crippen LogP contribution in [0.15, 0.2) is 36.7 Å². The number of aromatic nitrogens is 2. The fraction of sp³-hybridized carbons (Fsp3) is 0.300. The summed E-state index contributed by atoms with van der Waals surface area (Å²) in [5.74, 6) is 1.28. The van der Waals surface area contributed by atoms with E-state index >= 15 is 0 Å². The van der Waals surface area contributed by atoms with Crippen LogP contribution in [0.5, 0.6) is 23.0 Å². The van der Waals surface area contributed by atoms with Crippen LogP contribution in [-0.2, 0) is 4.74 Å². The van der Waals surface area contributed by atoms with Gasteiger partial charge in [-0.3, -0.25) is 0 Å². The van der Waals surface area contributed by atoms with Gasteiger partial charge in [0.1, 0.15) is 29.7 Å². The van der Waals surface area contributed by atoms with Crippen LogP contribution in [0.2, 0.25) is 0 Å². The molecule has 0 bridgehead atoms. The quantitative estimate of drug-likeness (QED) is 0.619. The van der Waals surface area contributed by atoms with Crippen molar-refractivity contribution in [3.8, 4) is 23.0 Å². The molecule has 0 spiro atoms. The Kier molecular flexibility index (Phi) is 4.65. The summed E-state index contributed by atoms with van der Waals surface area (Å²) in [6.45, 7) is 1.30. The van der Waals surface area contributed by atoms with Gasteiger partial charge < -0.3 is 29.4 Å². The van der Waals surface area contributed by atoms with Gasteiger partial charge in [0.05, 0.1) is 29.8 Å². The predicted octanol–water partition coefficient (Wildman–Crippen LogP) is 3.93. The third-order valence-electron chi connectivity index (χ3n) is 4.81. The molecule has 1 fully saturated rings. The molecule has 0 radical (unpaired) electrons. The van der Waals surface area contributed by atoms with E-state index in [-0.39, 0.29) is 11.9 Å². The van der Waals surface area contributed by atoms with Gasteiger partial charge in [0.2, 0.25) is 0 Å². The minimum Gasteiger partial charge on any atom is -0.508 e. The molecule has 8 nitrogen and oxygen atoms in total. The van der Waals surface area contributed by atoms with E-state index < -0.39 is 5.75 Å². The maximum absolute atomic E-state index is 10.1. The van der Waals surface area contributed by atoms with Crippen molar-refractivity contribution in [1.29, 1.82) is 0 Å². The van der Waals surface area contributed by atoms with Gasteiger partial charge in [0.15, 0.2) is 11.5 Å². The summed E-state index contributed by atoms with van der Waals surface area (Å²) in [6, 6.07) is 8.59. The van der Waals surface area contributed by atoms with Gasteiger partial charge in [-0.05, 0) is 23.7 Å². The number of halogens is 1. The molecule has 9 heteroatoms. The van der Waals surface area contributed by atoms with Crippen LogP contribution in [0, 0.1) is 0 Å². The molecule has 2 aromatic carbocycles. The highest BCUT2D eigenvalue weighted by molar-refractivity contribution is 6.19. The molecule has 1 atom stereocenters. The number of phenolic OH excluding ortho intramolecular Hbond substituents is 1. The van der Waals surface area contributed by atoms with Gasteiger partial charge in [-0.2, -0.15) is 0 Å². The molecule has 3 aromatic rings. The number of rotatable bonds is 4. The Labute approximate surface area is 171 Å². The maximum Gasteiger partial charge on any atom is 0.322 e. The molecule has 2 aliphatic rings. The van der Waals surface area contributed by atoms with Gasteiger partial charge in [-0.25, -0.2) is 9.97 Å². The monoisotopic (exact) mass is 415 g/mol. The van der Waals surface area contributed by atoms with Crippen molar-refractivity contribution in [2.24, 2.45) is 0 Å². The van der Waals surface area contributed by atoms with Crippen LogP contribution in [-0.4, -0.2) is 40.1 Å². The zero-order chi connectivity index (χ0) is 19.8. The van der Waals surface area contributed by atoms with Crippen molar-refractivity contribution in [2.45, 2.75) is 24.7 Å². The molecule has 150 valence electrons. The molecular weight excluding hydrogens is 398 g/mol. The number of aromatic hydroxyl groups is 1. The zero-order valence-electron chi connectivity index (χ0n) is 15.3. The van der Waals surface area contributed by atoms with Crippen LogP contribution in [0.25, 0.3) is 10.9 Å². The molecule has 3 heterocycles. The van der Waals surface area contributed by atoms with Crippen molar-refractivity contribution >= 4 is 34.0 Å². The number of fused-ring (bicyclic) bond motifs is 2. The van der Waals surface area contributed by atoms with E-state index in [2.05, 4.69) is 15.3 Å². The summed E-state index contributed by atoms with van der Waals surface area (Å²) in [6.07, 6.45) is 2.98. The van der Waals surface area contributed by atoms with Gasteiger partial charge in [-0.1, -0.05) is 6.07 Å². The standard InChI is InChI=1S/C20H18ClN3O5/c21-20-28-15-3-1-2-13(18(15)29-20)24-19-17-14(22-10-23-19)8-11(25)9-16(17)27-12-4-6-26-7-5-12/h1-3,8-10,12,20,25H,4-7H2,(H,22,23,24). The number of hydrogen-bond donors (Lipinski definition) is 2. The number of hydrogen-bond acceptors (Lipinski definition) is 8. The Bertz CT molecular complexity index is 1060. The fourth-order valence-corrected chi connectivity index (χ4v) is 3.66. The predicted molar refractivity (Wildman–Crippen MR) is 106 cm³/mol. The SMILES string of the molecule is Oc1cc(OC2CCOCC2)c2c(Nc3cccc4c3OC(Cl)O4)ncnc2c1. The van der Waals surface area contributed by atoms with Gasteiger partial charge in [0.25, 0.3) is 0 Å². The van der Waals surface area contributed by atoms with E-state index in [1.807, 2.05) is 12.1 Å². The number of anilines is 2. The minimum absolute atomic E-state index is 0.00322. The molecular formula is C20H18ClN3O5. The third kappa shape index (κ3) is 3.56. The number of nitrogens with zero attached hydrogens (tertiary/aromatic N) is 2. The van der Waals surface area contributed by atoms with Crippen LogP contribution in [0.4, 0.5) is 11.5 Å². The highest BCUT2D eigenvalue weighted by Gasteiger charge is 2.26. The average Bonchev–Trinajstić information content (AvgIpc) is 3.10. The molecule has 2 aliphatic heterocycles. The summed E-state index contributed by atoms with van der Waals surface area (Å²) < 4.78 is 22.6. The summed E-state index contributed by atoms with van der Waals surface area (Å²) in [4.78, 5) is 8.68. The molecule has 29 heavy (non-hydrogen) atoms. The van der Waals surface area contributed by atoms with Gasteiger partial charge in [0, 0.05) is 25.0 Å². The lowest BCUT2D eigenvalue weighted by atomic mass is 10.1. The number of benzene rings is 2. The van der Waals surface area contributed by atoms with E-state index in [1.54, 1.807) is 18.2 Å². The van der Waals surface area contributed by atoms with Crippen LogP contribution < -0.4 is 19.5 Å². The fourth-order valence-electron chi connectivity index (χ4n) is 3.47. The largest absolute Gasteiger partial charge is 0.508 e. The molecule has 1 saturated heterocycles. The van der Waals surface area contributed by atoms with Crippen molar-refractivity contribution in [3.05, 3.63) is 36.7 Å². The molecule has 1 unspecified atom stereocenters. The zero-order valence-corrected chi connectivity index (χ0v) is 16.1. The highest BCUT2D eigenvalue weighted by Crippen LogP contribution is 2.44. The summed E-state index contributed by atoms with van der Waals surface area (Å²) in [5, 5.41) is 14.1. The van der Waals surface area contributed by atoms with E-state index in [9.17, 15) is 5.11 Å². The lowest BCUT2D eigenvalue weighted by Gasteiger charge is -2.24. The highest BCUT2D eigenvalue weighted by atomic mass is 35.5. The number of nitrogens with one attached hydrogen (secondary N) is 1. The molecule has 0 aliphatic carbocycles. The molecule has 0 saturated carbocycles. The summed E-state index contributed by atoms with van der Waals surface area (Å²) in [7, 11) is 0. The first-order valence-electron chi connectivity index (χ1n) is 9.27. The topological polar surface area (TPSA) is 95.0 Å². The van der Waals surface area contributed by atoms with E-state index in [4.69, 9.17) is 30.5 Å². The minimum atomic E-state index is -0.876. The molecule has 5 rings (SSSR count). The Balaban J connectivity index is 1.55. The lowest BCUT2D eigenvalue weighted by molar-refractivity contribution is 0.0261. The van der Waals surface area contributed by atoms with Crippen molar-refractivity contribution < 1.29 is 24.1 Å². The molecule has 0 amide bonds. The Morgan fingerprint density at radius 3 is 2.86 bits per heavy atom. The van der Waals surface area contributed by atoms with Crippen molar-refractivity contribution in [1.82, 2.24) is 9.97 Å². The van der Waals surface area contributed by atoms with E-state index in [0.29, 0.717) is 52.9 Å². The third-order valence-corrected chi connectivity index (χ3v) is 4.99. The Morgan fingerprint density at radius 1 is 1.14 bits per heavy atom. The normalized spacial score (nSPS) is 18.7. The van der Waals surface area contributed by atoms with Gasteiger partial charge >= 0.3 is 5.75 Å². The first-order chi connectivity index (χ1) is 14.2. The van der Waals surface area contributed by atoms with Gasteiger partial charge in [-0.15, -0.1) is 0 Å². The smallest absolute Gasteiger partial charge is 0.322 e. The maximum atomic E-state index is 10.1. The first-order valence-corrected chi connectivity index (χ1v) is 9.70. The van der Waals surface area contributed by atoms with Crippen LogP contribution in [0.3, 0.4) is 0 Å². The molecule has 1 aromatic heterocycles. The summed E-state index contributed by atoms with van der Waals surface area (Å²) in [5.41, 5.74) is 1.21. The van der Waals surface area contributed by atoms with E-state index in [1.165, 1.54) is 6.33 Å². The Hall–Kier alpha value is -2.97. The second kappa shape index (κ2) is 7.46. The second-order valence-corrected chi connectivity index (χ2v) is 7.11.